The van der Waals surface area contributed by atoms with E-state index in [1.54, 1.807) is 12.1 Å². The summed E-state index contributed by atoms with van der Waals surface area (Å²) in [6.45, 7) is 0.322. The second-order valence-electron chi connectivity index (χ2n) is 3.81. The molecule has 4 heteroatoms. The zero-order chi connectivity index (χ0) is 11.7. The van der Waals surface area contributed by atoms with Gasteiger partial charge in [-0.3, -0.25) is 4.52 Å². The van der Waals surface area contributed by atoms with Gasteiger partial charge in [0.1, 0.15) is 5.75 Å². The van der Waals surface area contributed by atoms with Crippen LogP contribution in [0.2, 0.25) is 0 Å². The van der Waals surface area contributed by atoms with Crippen LogP contribution in [0.25, 0.3) is 0 Å². The molecule has 2 aromatic rings. The van der Waals surface area contributed by atoms with E-state index < -0.39 is 7.60 Å². The van der Waals surface area contributed by atoms with Crippen molar-refractivity contribution in [2.75, 3.05) is 0 Å². The molecule has 0 bridgehead atoms. The monoisotopic (exact) mass is 246 g/mol. The number of fused-ring (bicyclic) bond motifs is 1. The summed E-state index contributed by atoms with van der Waals surface area (Å²) in [7, 11) is -3.20. The van der Waals surface area contributed by atoms with E-state index in [9.17, 15) is 4.57 Å². The highest BCUT2D eigenvalue weighted by Gasteiger charge is 2.33. The highest BCUT2D eigenvalue weighted by molar-refractivity contribution is 7.62. The quantitative estimate of drug-likeness (QED) is 0.725. The van der Waals surface area contributed by atoms with Crippen molar-refractivity contribution in [1.82, 2.24) is 0 Å². The first kappa shape index (κ1) is 10.6. The van der Waals surface area contributed by atoms with Crippen molar-refractivity contribution in [2.24, 2.45) is 0 Å². The van der Waals surface area contributed by atoms with Crippen LogP contribution in [-0.2, 0) is 15.7 Å². The van der Waals surface area contributed by atoms with E-state index >= 15 is 0 Å². The van der Waals surface area contributed by atoms with Crippen LogP contribution in [0.4, 0.5) is 0 Å². The Balaban J connectivity index is 2.01. The molecule has 3 nitrogen and oxygen atoms in total. The summed E-state index contributed by atoms with van der Waals surface area (Å²) in [5.41, 5.74) is 0.926. The smallest absolute Gasteiger partial charge is 0.411 e. The second-order valence-corrected chi connectivity index (χ2v) is 5.76. The summed E-state index contributed by atoms with van der Waals surface area (Å²) in [4.78, 5) is 0. The van der Waals surface area contributed by atoms with Crippen molar-refractivity contribution >= 4 is 12.9 Å². The molecule has 86 valence electrons. The Morgan fingerprint density at radius 1 is 0.941 bits per heavy atom. The lowest BCUT2D eigenvalue weighted by Gasteiger charge is -2.25. The molecule has 1 aliphatic rings. The Kier molecular flexibility index (Phi) is 2.50. The molecule has 0 N–H and O–H groups in total. The summed E-state index contributed by atoms with van der Waals surface area (Å²) in [6, 6.07) is 16.5. The Morgan fingerprint density at radius 2 is 1.65 bits per heavy atom. The van der Waals surface area contributed by atoms with Crippen LogP contribution in [0.1, 0.15) is 5.56 Å². The van der Waals surface area contributed by atoms with Crippen LogP contribution in [0, 0.1) is 0 Å². The van der Waals surface area contributed by atoms with Gasteiger partial charge < -0.3 is 4.52 Å². The van der Waals surface area contributed by atoms with Crippen molar-refractivity contribution in [3.05, 3.63) is 60.2 Å². The van der Waals surface area contributed by atoms with Gasteiger partial charge in [-0.2, -0.15) is 0 Å². The number of hydrogen-bond acceptors (Lipinski definition) is 3. The number of hydrogen-bond donors (Lipinski definition) is 0. The average Bonchev–Trinajstić information content (AvgIpc) is 2.40. The third kappa shape index (κ3) is 1.88. The molecular weight excluding hydrogens is 235 g/mol. The largest absolute Gasteiger partial charge is 0.421 e. The first-order chi connectivity index (χ1) is 8.28. The lowest BCUT2D eigenvalue weighted by Crippen LogP contribution is -2.16. The second kappa shape index (κ2) is 4.02. The average molecular weight is 246 g/mol. The summed E-state index contributed by atoms with van der Waals surface area (Å²) in [6.07, 6.45) is 0. The molecule has 0 fully saturated rings. The number of rotatable bonds is 1. The standard InChI is InChI=1S/C13H11O3P/c14-17(12-7-2-1-3-8-12)15-10-11-6-4-5-9-13(11)16-17/h1-9H,10H2. The van der Waals surface area contributed by atoms with Crippen molar-refractivity contribution < 1.29 is 13.6 Å². The molecule has 0 saturated heterocycles. The molecule has 0 aromatic heterocycles. The van der Waals surface area contributed by atoms with Crippen LogP contribution >= 0.6 is 7.60 Å². The van der Waals surface area contributed by atoms with Crippen molar-refractivity contribution in [3.63, 3.8) is 0 Å². The summed E-state index contributed by atoms with van der Waals surface area (Å²) in [5.74, 6) is 0.644. The van der Waals surface area contributed by atoms with E-state index in [1.807, 2.05) is 42.5 Å². The minimum absolute atomic E-state index is 0.322. The maximum absolute atomic E-state index is 12.6. The van der Waals surface area contributed by atoms with Gasteiger partial charge in [-0.15, -0.1) is 0 Å². The molecule has 1 aliphatic heterocycles. The first-order valence-electron chi connectivity index (χ1n) is 5.36. The molecule has 0 aliphatic carbocycles. The Labute approximate surface area is 99.5 Å². The molecule has 0 radical (unpaired) electrons. The highest BCUT2D eigenvalue weighted by atomic mass is 31.2. The predicted octanol–water partition coefficient (Wildman–Crippen LogP) is 3.11. The van der Waals surface area contributed by atoms with Gasteiger partial charge in [0.25, 0.3) is 0 Å². The van der Waals surface area contributed by atoms with E-state index in [0.29, 0.717) is 17.7 Å². The van der Waals surface area contributed by atoms with Crippen LogP contribution in [-0.4, -0.2) is 0 Å². The van der Waals surface area contributed by atoms with Crippen LogP contribution < -0.4 is 9.83 Å². The highest BCUT2D eigenvalue weighted by Crippen LogP contribution is 2.52. The fourth-order valence-electron chi connectivity index (χ4n) is 1.76. The van der Waals surface area contributed by atoms with Crippen LogP contribution in [0.5, 0.6) is 5.75 Å². The lowest BCUT2D eigenvalue weighted by molar-refractivity contribution is 0.241. The van der Waals surface area contributed by atoms with Crippen molar-refractivity contribution in [3.8, 4) is 5.75 Å². The van der Waals surface area contributed by atoms with Gasteiger partial charge in [-0.1, -0.05) is 36.4 Å². The topological polar surface area (TPSA) is 35.5 Å². The molecule has 0 amide bonds. The van der Waals surface area contributed by atoms with Crippen molar-refractivity contribution in [2.45, 2.75) is 6.61 Å². The van der Waals surface area contributed by atoms with E-state index in [1.165, 1.54) is 0 Å². The third-order valence-corrected chi connectivity index (χ3v) is 4.49. The number of benzene rings is 2. The predicted molar refractivity (Wildman–Crippen MR) is 65.5 cm³/mol. The number of para-hydroxylation sites is 1. The van der Waals surface area contributed by atoms with Crippen molar-refractivity contribution in [1.29, 1.82) is 0 Å². The molecule has 3 rings (SSSR count). The molecule has 0 saturated carbocycles. The maximum Gasteiger partial charge on any atom is 0.411 e. The third-order valence-electron chi connectivity index (χ3n) is 2.65. The van der Waals surface area contributed by atoms with E-state index in [4.69, 9.17) is 9.05 Å². The van der Waals surface area contributed by atoms with E-state index in [0.717, 1.165) is 5.56 Å². The van der Waals surface area contributed by atoms with Crippen LogP contribution in [0.3, 0.4) is 0 Å². The molecule has 1 heterocycles. The summed E-state index contributed by atoms with van der Waals surface area (Å²) in [5, 5.41) is 0.592. The van der Waals surface area contributed by atoms with Gasteiger partial charge in [0.2, 0.25) is 0 Å². The fraction of sp³-hybridized carbons (Fsp3) is 0.0769. The fourth-order valence-corrected chi connectivity index (χ4v) is 3.35. The van der Waals surface area contributed by atoms with Gasteiger partial charge >= 0.3 is 7.60 Å². The minimum atomic E-state index is -3.20. The molecular formula is C13H11O3P. The molecule has 1 unspecified atom stereocenters. The van der Waals surface area contributed by atoms with E-state index in [2.05, 4.69) is 0 Å². The first-order valence-corrected chi connectivity index (χ1v) is 6.90. The van der Waals surface area contributed by atoms with Gasteiger partial charge in [-0.05, 0) is 18.2 Å². The van der Waals surface area contributed by atoms with Gasteiger partial charge in [0.05, 0.1) is 11.9 Å². The Hall–Kier alpha value is -1.57. The molecule has 1 atom stereocenters. The van der Waals surface area contributed by atoms with E-state index in [-0.39, 0.29) is 0 Å². The van der Waals surface area contributed by atoms with Crippen LogP contribution in [0.15, 0.2) is 54.6 Å². The van der Waals surface area contributed by atoms with Gasteiger partial charge in [0.15, 0.2) is 0 Å². The molecule has 2 aromatic carbocycles. The zero-order valence-electron chi connectivity index (χ0n) is 9.08. The molecule has 0 spiro atoms. The molecule has 17 heavy (non-hydrogen) atoms. The van der Waals surface area contributed by atoms with Gasteiger partial charge in [-0.25, -0.2) is 4.57 Å². The Morgan fingerprint density at radius 3 is 2.47 bits per heavy atom. The minimum Gasteiger partial charge on any atom is -0.421 e. The zero-order valence-corrected chi connectivity index (χ0v) is 9.97. The SMILES string of the molecule is O=P1(c2ccccc2)OCc2ccccc2O1. The van der Waals surface area contributed by atoms with Gasteiger partial charge in [0, 0.05) is 5.56 Å². The summed E-state index contributed by atoms with van der Waals surface area (Å²) < 4.78 is 23.5. The maximum atomic E-state index is 12.6. The Bertz CT molecular complexity index is 580. The lowest BCUT2D eigenvalue weighted by atomic mass is 10.2. The normalized spacial score (nSPS) is 22.6. The summed E-state index contributed by atoms with van der Waals surface area (Å²) >= 11 is 0.